The second kappa shape index (κ2) is 7.15. The van der Waals surface area contributed by atoms with Crippen LogP contribution in [0.4, 0.5) is 4.79 Å². The van der Waals surface area contributed by atoms with Crippen LogP contribution in [0.5, 0.6) is 0 Å². The third-order valence-corrected chi connectivity index (χ3v) is 5.64. The lowest BCUT2D eigenvalue weighted by molar-refractivity contribution is 0.0191. The quantitative estimate of drug-likeness (QED) is 0.908. The Labute approximate surface area is 150 Å². The average Bonchev–Trinajstić information content (AvgIpc) is 2.98. The van der Waals surface area contributed by atoms with Gasteiger partial charge in [-0.15, -0.1) is 0 Å². The molecule has 1 amide bonds. The highest BCUT2D eigenvalue weighted by atomic mass is 32.2. The number of piperidine rings is 1. The zero-order valence-corrected chi connectivity index (χ0v) is 15.8. The molecule has 1 fully saturated rings. The molecule has 0 bridgehead atoms. The van der Waals surface area contributed by atoms with Crippen molar-refractivity contribution in [2.24, 2.45) is 5.92 Å². The van der Waals surface area contributed by atoms with E-state index in [-0.39, 0.29) is 6.09 Å². The van der Waals surface area contributed by atoms with E-state index in [2.05, 4.69) is 9.97 Å². The lowest BCUT2D eigenvalue weighted by Crippen LogP contribution is -2.42. The fraction of sp³-hybridized carbons (Fsp3) is 0.556. The van der Waals surface area contributed by atoms with Gasteiger partial charge in [0.15, 0.2) is 5.16 Å². The van der Waals surface area contributed by atoms with Crippen molar-refractivity contribution in [3.63, 3.8) is 0 Å². The minimum atomic E-state index is -1.15. The molecule has 0 saturated carbocycles. The van der Waals surface area contributed by atoms with Crippen molar-refractivity contribution < 1.29 is 13.7 Å². The number of ether oxygens (including phenoxy) is 1. The van der Waals surface area contributed by atoms with Crippen LogP contribution in [0.25, 0.3) is 11.0 Å². The number of hydrogen-bond donors (Lipinski definition) is 1. The highest BCUT2D eigenvalue weighted by Crippen LogP contribution is 2.22. The highest BCUT2D eigenvalue weighted by molar-refractivity contribution is 7.84. The van der Waals surface area contributed by atoms with Crippen molar-refractivity contribution >= 4 is 27.9 Å². The average molecular weight is 363 g/mol. The van der Waals surface area contributed by atoms with Crippen molar-refractivity contribution in [3.8, 4) is 0 Å². The fourth-order valence-corrected chi connectivity index (χ4v) is 4.28. The second-order valence-electron chi connectivity index (χ2n) is 7.48. The van der Waals surface area contributed by atoms with Crippen LogP contribution in [0, 0.1) is 5.92 Å². The monoisotopic (exact) mass is 363 g/mol. The van der Waals surface area contributed by atoms with Crippen LogP contribution in [0.2, 0.25) is 0 Å². The van der Waals surface area contributed by atoms with Gasteiger partial charge in [-0.1, -0.05) is 12.1 Å². The molecule has 136 valence electrons. The molecule has 2 heterocycles. The number of para-hydroxylation sites is 2. The lowest BCUT2D eigenvalue weighted by atomic mass is 9.99. The number of carbonyl (C=O) groups excluding carboxylic acids is 1. The normalized spacial score (nSPS) is 17.6. The maximum absolute atomic E-state index is 12.6. The molecular weight excluding hydrogens is 338 g/mol. The minimum absolute atomic E-state index is 0.260. The van der Waals surface area contributed by atoms with Crippen LogP contribution in [0.15, 0.2) is 29.4 Å². The molecule has 1 aliphatic heterocycles. The summed E-state index contributed by atoms with van der Waals surface area (Å²) in [5.41, 5.74) is 1.27. The molecule has 0 radical (unpaired) electrons. The molecule has 7 heteroatoms. The molecule has 0 spiro atoms. The summed E-state index contributed by atoms with van der Waals surface area (Å²) in [5.74, 6) is 0.898. The fourth-order valence-electron chi connectivity index (χ4n) is 2.94. The summed E-state index contributed by atoms with van der Waals surface area (Å²) in [5, 5.41) is 0.538. The van der Waals surface area contributed by atoms with Crippen LogP contribution in [0.3, 0.4) is 0 Å². The van der Waals surface area contributed by atoms with E-state index in [1.54, 1.807) is 4.90 Å². The molecule has 3 rings (SSSR count). The maximum Gasteiger partial charge on any atom is 0.410 e. The molecule has 1 N–H and O–H groups in total. The Morgan fingerprint density at radius 1 is 1.32 bits per heavy atom. The Morgan fingerprint density at radius 3 is 2.64 bits per heavy atom. The van der Waals surface area contributed by atoms with E-state index < -0.39 is 16.4 Å². The number of fused-ring (bicyclic) bond motifs is 1. The Morgan fingerprint density at radius 2 is 2.00 bits per heavy atom. The number of nitrogens with one attached hydrogen (secondary N) is 1. The summed E-state index contributed by atoms with van der Waals surface area (Å²) in [6.45, 7) is 6.91. The van der Waals surface area contributed by atoms with Gasteiger partial charge in [-0.05, 0) is 51.7 Å². The molecule has 1 aliphatic rings. The Hall–Kier alpha value is -1.89. The number of rotatable bonds is 3. The molecule has 1 atom stereocenters. The zero-order chi connectivity index (χ0) is 18.0. The van der Waals surface area contributed by atoms with Gasteiger partial charge in [0, 0.05) is 18.8 Å². The van der Waals surface area contributed by atoms with Gasteiger partial charge in [0.05, 0.1) is 21.8 Å². The first-order valence-corrected chi connectivity index (χ1v) is 9.95. The number of aromatic amines is 1. The number of benzene rings is 1. The zero-order valence-electron chi connectivity index (χ0n) is 14.9. The van der Waals surface area contributed by atoms with Crippen LogP contribution < -0.4 is 0 Å². The van der Waals surface area contributed by atoms with Crippen LogP contribution >= 0.6 is 0 Å². The Kier molecular flexibility index (Phi) is 5.13. The van der Waals surface area contributed by atoms with Gasteiger partial charge in [0.1, 0.15) is 5.60 Å². The van der Waals surface area contributed by atoms with E-state index in [9.17, 15) is 9.00 Å². The van der Waals surface area contributed by atoms with Crippen molar-refractivity contribution in [3.05, 3.63) is 24.3 Å². The number of likely N-dealkylation sites (tertiary alicyclic amines) is 1. The summed E-state index contributed by atoms with van der Waals surface area (Å²) in [7, 11) is -1.15. The topological polar surface area (TPSA) is 75.3 Å². The van der Waals surface area contributed by atoms with Crippen molar-refractivity contribution in [2.45, 2.75) is 44.4 Å². The number of imidazole rings is 1. The Bertz CT molecular complexity index is 740. The van der Waals surface area contributed by atoms with E-state index in [0.29, 0.717) is 29.9 Å². The summed E-state index contributed by atoms with van der Waals surface area (Å²) in [4.78, 5) is 21.4. The SMILES string of the molecule is CC(C)(C)OC(=O)N1CCC(C[S@](=O)c2nc3ccccc3[nH]2)CC1. The number of hydrogen-bond acceptors (Lipinski definition) is 4. The van der Waals surface area contributed by atoms with Crippen molar-refractivity contribution in [1.82, 2.24) is 14.9 Å². The van der Waals surface area contributed by atoms with Crippen LogP contribution in [-0.2, 0) is 15.5 Å². The smallest absolute Gasteiger partial charge is 0.410 e. The van der Waals surface area contributed by atoms with Crippen molar-refractivity contribution in [2.75, 3.05) is 18.8 Å². The van der Waals surface area contributed by atoms with Gasteiger partial charge in [-0.3, -0.25) is 4.21 Å². The van der Waals surface area contributed by atoms with Gasteiger partial charge in [-0.2, -0.15) is 0 Å². The number of H-pyrrole nitrogens is 1. The predicted molar refractivity (Wildman–Crippen MR) is 97.9 cm³/mol. The predicted octanol–water partition coefficient (Wildman–Crippen LogP) is 3.32. The summed E-state index contributed by atoms with van der Waals surface area (Å²) >= 11 is 0. The first-order valence-electron chi connectivity index (χ1n) is 8.63. The summed E-state index contributed by atoms with van der Waals surface area (Å²) in [6, 6.07) is 7.69. The van der Waals surface area contributed by atoms with E-state index in [4.69, 9.17) is 4.74 Å². The van der Waals surface area contributed by atoms with Gasteiger partial charge < -0.3 is 14.6 Å². The number of nitrogens with zero attached hydrogens (tertiary/aromatic N) is 2. The van der Waals surface area contributed by atoms with Crippen molar-refractivity contribution in [1.29, 1.82) is 0 Å². The third kappa shape index (κ3) is 4.60. The molecular formula is C18H25N3O3S. The lowest BCUT2D eigenvalue weighted by Gasteiger charge is -2.33. The largest absolute Gasteiger partial charge is 0.444 e. The first-order chi connectivity index (χ1) is 11.8. The first kappa shape index (κ1) is 17.9. The van der Waals surface area contributed by atoms with E-state index >= 15 is 0 Å². The molecule has 1 aromatic carbocycles. The Balaban J connectivity index is 1.53. The molecule has 1 saturated heterocycles. The highest BCUT2D eigenvalue weighted by Gasteiger charge is 2.28. The summed E-state index contributed by atoms with van der Waals surface area (Å²) in [6.07, 6.45) is 1.42. The van der Waals surface area contributed by atoms with E-state index in [1.165, 1.54) is 0 Å². The molecule has 0 unspecified atom stereocenters. The number of aromatic nitrogens is 2. The third-order valence-electron chi connectivity index (χ3n) is 4.24. The summed E-state index contributed by atoms with van der Waals surface area (Å²) < 4.78 is 18.0. The van der Waals surface area contributed by atoms with Crippen LogP contribution in [-0.4, -0.2) is 49.6 Å². The van der Waals surface area contributed by atoms with Crippen LogP contribution in [0.1, 0.15) is 33.6 Å². The molecule has 6 nitrogen and oxygen atoms in total. The molecule has 25 heavy (non-hydrogen) atoms. The second-order valence-corrected chi connectivity index (χ2v) is 8.89. The maximum atomic E-state index is 12.6. The van der Waals surface area contributed by atoms with Gasteiger partial charge in [0.2, 0.25) is 0 Å². The molecule has 0 aliphatic carbocycles. The standard InChI is InChI=1S/C18H25N3O3S/c1-18(2,3)24-17(22)21-10-8-13(9-11-21)12-25(23)16-19-14-6-4-5-7-15(14)20-16/h4-7,13H,8-12H2,1-3H3,(H,19,20)/t25-/m0/s1. The minimum Gasteiger partial charge on any atom is -0.444 e. The molecule has 1 aromatic heterocycles. The van der Waals surface area contributed by atoms with E-state index in [1.807, 2.05) is 45.0 Å². The number of amides is 1. The van der Waals surface area contributed by atoms with Gasteiger partial charge in [-0.25, -0.2) is 9.78 Å². The molecule has 2 aromatic rings. The van der Waals surface area contributed by atoms with Gasteiger partial charge >= 0.3 is 6.09 Å². The van der Waals surface area contributed by atoms with Gasteiger partial charge in [0.25, 0.3) is 0 Å². The number of carbonyl (C=O) groups is 1. The van der Waals surface area contributed by atoms with E-state index in [0.717, 1.165) is 23.9 Å².